The number of thioether (sulfide) groups is 1. The molecule has 0 radical (unpaired) electrons. The number of rotatable bonds is 5. The molecule has 1 aromatic carbocycles. The highest BCUT2D eigenvalue weighted by molar-refractivity contribution is 7.98. The molecule has 0 spiro atoms. The van der Waals surface area contributed by atoms with Gasteiger partial charge in [0, 0.05) is 38.1 Å². The van der Waals surface area contributed by atoms with Gasteiger partial charge in [-0.05, 0) is 36.3 Å². The summed E-state index contributed by atoms with van der Waals surface area (Å²) in [6.45, 7) is 7.08. The Hall–Kier alpha value is -1.53. The Balaban J connectivity index is 1.70. The van der Waals surface area contributed by atoms with Gasteiger partial charge in [0.25, 0.3) is 0 Å². The smallest absolute Gasteiger partial charge is 0.247 e. The summed E-state index contributed by atoms with van der Waals surface area (Å²) in [5, 5.41) is 0. The topological polar surface area (TPSA) is 43.9 Å². The molecule has 2 heterocycles. The van der Waals surface area contributed by atoms with E-state index in [-0.39, 0.29) is 23.9 Å². The van der Waals surface area contributed by atoms with Gasteiger partial charge < -0.3 is 9.80 Å². The first-order valence-corrected chi connectivity index (χ1v) is 10.6. The van der Waals surface area contributed by atoms with Crippen molar-refractivity contribution in [3.8, 4) is 0 Å². The molecule has 0 bridgehead atoms. The van der Waals surface area contributed by atoms with Crippen molar-refractivity contribution in [2.75, 3.05) is 32.9 Å². The molecule has 2 atom stereocenters. The van der Waals surface area contributed by atoms with Crippen LogP contribution in [-0.4, -0.2) is 71.5 Å². The Morgan fingerprint density at radius 3 is 2.65 bits per heavy atom. The van der Waals surface area contributed by atoms with E-state index < -0.39 is 0 Å². The SMILES string of the molecule is CSc1cccc(CN2CCN3C(=O)[C@H](CC(C)C)N(C)C(=O)[C@H]3C2)c1. The molecule has 0 N–H and O–H groups in total. The second kappa shape index (κ2) is 8.01. The lowest BCUT2D eigenvalue weighted by molar-refractivity contribution is -0.164. The normalized spacial score (nSPS) is 24.3. The molecule has 142 valence electrons. The highest BCUT2D eigenvalue weighted by Gasteiger charge is 2.46. The van der Waals surface area contributed by atoms with Crippen LogP contribution < -0.4 is 0 Å². The first kappa shape index (κ1) is 19.2. The average molecular weight is 376 g/mol. The summed E-state index contributed by atoms with van der Waals surface area (Å²) in [6.07, 6.45) is 2.81. The number of amides is 2. The van der Waals surface area contributed by atoms with E-state index in [1.807, 2.05) is 4.90 Å². The number of nitrogens with zero attached hydrogens (tertiary/aromatic N) is 3. The zero-order chi connectivity index (χ0) is 18.8. The van der Waals surface area contributed by atoms with Gasteiger partial charge in [0.2, 0.25) is 11.8 Å². The first-order valence-electron chi connectivity index (χ1n) is 9.33. The van der Waals surface area contributed by atoms with Crippen LogP contribution in [0.25, 0.3) is 0 Å². The predicted molar refractivity (Wildman–Crippen MR) is 105 cm³/mol. The molecule has 0 saturated carbocycles. The van der Waals surface area contributed by atoms with Gasteiger partial charge in [0.1, 0.15) is 12.1 Å². The van der Waals surface area contributed by atoms with Gasteiger partial charge in [-0.3, -0.25) is 14.5 Å². The van der Waals surface area contributed by atoms with Crippen molar-refractivity contribution < 1.29 is 9.59 Å². The zero-order valence-electron chi connectivity index (χ0n) is 16.1. The molecular weight excluding hydrogens is 346 g/mol. The number of hydrogen-bond acceptors (Lipinski definition) is 4. The molecule has 2 saturated heterocycles. The van der Waals surface area contributed by atoms with Crippen LogP contribution in [0.5, 0.6) is 0 Å². The van der Waals surface area contributed by atoms with Crippen LogP contribution in [0.1, 0.15) is 25.8 Å². The fraction of sp³-hybridized carbons (Fsp3) is 0.600. The Morgan fingerprint density at radius 2 is 1.96 bits per heavy atom. The van der Waals surface area contributed by atoms with Crippen molar-refractivity contribution in [1.29, 1.82) is 0 Å². The molecule has 2 aliphatic heterocycles. The van der Waals surface area contributed by atoms with E-state index in [9.17, 15) is 9.59 Å². The molecule has 2 aliphatic rings. The van der Waals surface area contributed by atoms with Crippen LogP contribution in [0.15, 0.2) is 29.2 Å². The standard InChI is InChI=1S/C20H29N3O2S/c1-14(2)10-17-20(25)23-9-8-22(13-18(23)19(24)21(17)3)12-15-6-5-7-16(11-15)26-4/h5-7,11,14,17-18H,8-10,12-13H2,1-4H3/t17-,18+/m0/s1. The summed E-state index contributed by atoms with van der Waals surface area (Å²) in [5.74, 6) is 0.591. The number of hydrogen-bond donors (Lipinski definition) is 0. The van der Waals surface area contributed by atoms with E-state index in [0.717, 1.165) is 19.5 Å². The maximum absolute atomic E-state index is 12.9. The summed E-state index contributed by atoms with van der Waals surface area (Å²) >= 11 is 1.74. The molecule has 2 fully saturated rings. The third kappa shape index (κ3) is 3.91. The quantitative estimate of drug-likeness (QED) is 0.741. The Labute approximate surface area is 160 Å². The van der Waals surface area contributed by atoms with Crippen molar-refractivity contribution in [1.82, 2.24) is 14.7 Å². The molecule has 0 unspecified atom stereocenters. The van der Waals surface area contributed by atoms with Gasteiger partial charge >= 0.3 is 0 Å². The average Bonchev–Trinajstić information content (AvgIpc) is 2.63. The predicted octanol–water partition coefficient (Wildman–Crippen LogP) is 2.31. The first-order chi connectivity index (χ1) is 12.4. The third-order valence-corrected chi connectivity index (χ3v) is 6.09. The number of carbonyl (C=O) groups is 2. The van der Waals surface area contributed by atoms with Gasteiger partial charge in [0.05, 0.1) is 0 Å². The molecule has 5 nitrogen and oxygen atoms in total. The maximum Gasteiger partial charge on any atom is 0.247 e. The van der Waals surface area contributed by atoms with Gasteiger partial charge in [-0.15, -0.1) is 11.8 Å². The molecule has 3 rings (SSSR count). The molecular formula is C20H29N3O2S. The Kier molecular flexibility index (Phi) is 5.92. The molecule has 0 aliphatic carbocycles. The van der Waals surface area contributed by atoms with Crippen molar-refractivity contribution in [3.63, 3.8) is 0 Å². The van der Waals surface area contributed by atoms with E-state index in [0.29, 0.717) is 19.0 Å². The fourth-order valence-corrected chi connectivity index (χ4v) is 4.42. The summed E-state index contributed by atoms with van der Waals surface area (Å²) in [5.41, 5.74) is 1.26. The third-order valence-electron chi connectivity index (χ3n) is 5.37. The van der Waals surface area contributed by atoms with E-state index in [2.05, 4.69) is 49.3 Å². The number of benzene rings is 1. The van der Waals surface area contributed by atoms with Crippen LogP contribution >= 0.6 is 11.8 Å². The second-order valence-electron chi connectivity index (χ2n) is 7.73. The second-order valence-corrected chi connectivity index (χ2v) is 8.61. The minimum atomic E-state index is -0.339. The van der Waals surface area contributed by atoms with E-state index in [4.69, 9.17) is 0 Å². The molecule has 6 heteroatoms. The van der Waals surface area contributed by atoms with Crippen LogP contribution in [-0.2, 0) is 16.1 Å². The number of carbonyl (C=O) groups excluding carboxylic acids is 2. The lowest BCUT2D eigenvalue weighted by atomic mass is 9.95. The molecule has 0 aromatic heterocycles. The maximum atomic E-state index is 12.9. The Bertz CT molecular complexity index is 679. The van der Waals surface area contributed by atoms with E-state index >= 15 is 0 Å². The number of piperazine rings is 2. The zero-order valence-corrected chi connectivity index (χ0v) is 17.0. The van der Waals surface area contributed by atoms with Crippen molar-refractivity contribution >= 4 is 23.6 Å². The summed E-state index contributed by atoms with van der Waals surface area (Å²) in [7, 11) is 1.78. The van der Waals surface area contributed by atoms with Crippen LogP contribution in [0.3, 0.4) is 0 Å². The molecule has 26 heavy (non-hydrogen) atoms. The highest BCUT2D eigenvalue weighted by atomic mass is 32.2. The van der Waals surface area contributed by atoms with Crippen molar-refractivity contribution in [3.05, 3.63) is 29.8 Å². The van der Waals surface area contributed by atoms with E-state index in [1.54, 1.807) is 23.7 Å². The van der Waals surface area contributed by atoms with Gasteiger partial charge in [-0.25, -0.2) is 0 Å². The van der Waals surface area contributed by atoms with Crippen LogP contribution in [0.4, 0.5) is 0 Å². The highest BCUT2D eigenvalue weighted by Crippen LogP contribution is 2.25. The van der Waals surface area contributed by atoms with Crippen molar-refractivity contribution in [2.45, 2.75) is 43.8 Å². The van der Waals surface area contributed by atoms with Gasteiger partial charge in [-0.2, -0.15) is 0 Å². The monoisotopic (exact) mass is 375 g/mol. The van der Waals surface area contributed by atoms with Gasteiger partial charge in [0.15, 0.2) is 0 Å². The Morgan fingerprint density at radius 1 is 1.19 bits per heavy atom. The molecule has 2 amide bonds. The number of fused-ring (bicyclic) bond motifs is 1. The summed E-state index contributed by atoms with van der Waals surface area (Å²) in [6, 6.07) is 7.88. The van der Waals surface area contributed by atoms with Crippen LogP contribution in [0.2, 0.25) is 0 Å². The van der Waals surface area contributed by atoms with Gasteiger partial charge in [-0.1, -0.05) is 26.0 Å². The lowest BCUT2D eigenvalue weighted by Gasteiger charge is -2.48. The molecule has 1 aromatic rings. The fourth-order valence-electron chi connectivity index (χ4n) is 3.94. The summed E-state index contributed by atoms with van der Waals surface area (Å²) < 4.78 is 0. The van der Waals surface area contributed by atoms with Crippen molar-refractivity contribution in [2.24, 2.45) is 5.92 Å². The number of likely N-dealkylation sites (N-methyl/N-ethyl adjacent to an activating group) is 1. The minimum Gasteiger partial charge on any atom is -0.332 e. The van der Waals surface area contributed by atoms with Crippen LogP contribution in [0, 0.1) is 5.92 Å². The lowest BCUT2D eigenvalue weighted by Crippen LogP contribution is -2.69. The minimum absolute atomic E-state index is 0.0813. The summed E-state index contributed by atoms with van der Waals surface area (Å²) in [4.78, 5) is 32.9. The van der Waals surface area contributed by atoms with E-state index in [1.165, 1.54) is 10.5 Å². The largest absolute Gasteiger partial charge is 0.332 e.